The molecule has 0 saturated carbocycles. The predicted molar refractivity (Wildman–Crippen MR) is 98.0 cm³/mol. The van der Waals surface area contributed by atoms with Gasteiger partial charge in [0.1, 0.15) is 0 Å². The lowest BCUT2D eigenvalue weighted by Gasteiger charge is -2.09. The minimum atomic E-state index is -1.40. The summed E-state index contributed by atoms with van der Waals surface area (Å²) in [5.41, 5.74) is 0.429. The Labute approximate surface area is 150 Å². The number of benzene rings is 1. The zero-order chi connectivity index (χ0) is 17.6. The molecule has 25 heavy (non-hydrogen) atoms. The number of aliphatic hydroxyl groups is 1. The summed E-state index contributed by atoms with van der Waals surface area (Å²) in [6.07, 6.45) is 9.27. The number of aliphatic hydroxyl groups excluding tert-OH is 1. The third-order valence-corrected chi connectivity index (χ3v) is 4.04. The Kier molecular flexibility index (Phi) is 13.6. The van der Waals surface area contributed by atoms with E-state index in [2.05, 4.69) is 6.92 Å². The molecule has 1 aromatic carbocycles. The number of unbranched alkanes of at least 4 members (excludes halogenated alkanes) is 8. The topological polar surface area (TPSA) is 95.1 Å². The Bertz CT molecular complexity index is 472. The van der Waals surface area contributed by atoms with Gasteiger partial charge in [-0.15, -0.1) is 0 Å². The fraction of sp³-hybridized carbons (Fsp3) is 0.600. The average molecular weight is 352 g/mol. The maximum Gasteiger partial charge on any atom is 0.347 e. The van der Waals surface area contributed by atoms with Crippen LogP contribution in [0.2, 0.25) is 0 Å². The Balaban J connectivity index is 0.00000576. The lowest BCUT2D eigenvalue weighted by Crippen LogP contribution is -2.19. The first-order valence-electron chi connectivity index (χ1n) is 9.12. The number of rotatable bonds is 12. The molecule has 1 rings (SSSR count). The van der Waals surface area contributed by atoms with Crippen LogP contribution in [0.3, 0.4) is 0 Å². The molecule has 1 atom stereocenters. The van der Waals surface area contributed by atoms with E-state index in [1.165, 1.54) is 38.5 Å². The molecule has 0 aliphatic carbocycles. The van der Waals surface area contributed by atoms with Gasteiger partial charge >= 0.3 is 11.9 Å². The second-order valence-electron chi connectivity index (χ2n) is 6.18. The molecule has 0 radical (unpaired) electrons. The number of carbonyl (C=O) groups excluding carboxylic acids is 2. The van der Waals surface area contributed by atoms with Gasteiger partial charge in [0, 0.05) is 6.42 Å². The molecule has 0 amide bonds. The maximum atomic E-state index is 11.7. The first-order valence-corrected chi connectivity index (χ1v) is 9.12. The minimum Gasteiger partial charge on any atom is -0.412 e. The second kappa shape index (κ2) is 14.6. The molecule has 5 heteroatoms. The summed E-state index contributed by atoms with van der Waals surface area (Å²) in [4.78, 5) is 23.4. The molecule has 0 fully saturated rings. The van der Waals surface area contributed by atoms with E-state index < -0.39 is 18.0 Å². The summed E-state index contributed by atoms with van der Waals surface area (Å²) in [5.74, 6) is -1.46. The van der Waals surface area contributed by atoms with Crippen LogP contribution in [0.15, 0.2) is 30.3 Å². The fourth-order valence-electron chi connectivity index (χ4n) is 2.57. The third kappa shape index (κ3) is 10.7. The zero-order valence-electron chi connectivity index (χ0n) is 15.2. The van der Waals surface area contributed by atoms with Gasteiger partial charge in [-0.2, -0.15) is 0 Å². The molecule has 0 saturated heterocycles. The summed E-state index contributed by atoms with van der Waals surface area (Å²) < 4.78 is 4.71. The molecule has 3 N–H and O–H groups in total. The van der Waals surface area contributed by atoms with Gasteiger partial charge in [-0.25, -0.2) is 4.79 Å². The third-order valence-electron chi connectivity index (χ3n) is 4.04. The van der Waals surface area contributed by atoms with E-state index in [4.69, 9.17) is 4.74 Å². The molecule has 0 aliphatic rings. The van der Waals surface area contributed by atoms with Crippen LogP contribution in [-0.2, 0) is 14.3 Å². The largest absolute Gasteiger partial charge is 0.412 e. The van der Waals surface area contributed by atoms with Crippen molar-refractivity contribution in [2.75, 3.05) is 0 Å². The van der Waals surface area contributed by atoms with Gasteiger partial charge in [-0.3, -0.25) is 4.79 Å². The molecular formula is C20H32O5. The van der Waals surface area contributed by atoms with Crippen LogP contribution in [0, 0.1) is 0 Å². The van der Waals surface area contributed by atoms with Crippen LogP contribution in [0.1, 0.15) is 82.8 Å². The molecule has 0 heterocycles. The highest BCUT2D eigenvalue weighted by Gasteiger charge is 2.21. The minimum absolute atomic E-state index is 0. The van der Waals surface area contributed by atoms with Gasteiger partial charge < -0.3 is 15.3 Å². The maximum absolute atomic E-state index is 11.7. The first-order chi connectivity index (χ1) is 11.6. The van der Waals surface area contributed by atoms with E-state index in [1.54, 1.807) is 30.3 Å². The molecular weight excluding hydrogens is 320 g/mol. The lowest BCUT2D eigenvalue weighted by molar-refractivity contribution is -0.166. The van der Waals surface area contributed by atoms with Crippen molar-refractivity contribution in [3.8, 4) is 0 Å². The van der Waals surface area contributed by atoms with Gasteiger partial charge in [0.25, 0.3) is 0 Å². The molecule has 0 aromatic heterocycles. The Morgan fingerprint density at radius 2 is 1.44 bits per heavy atom. The smallest absolute Gasteiger partial charge is 0.347 e. The quantitative estimate of drug-likeness (QED) is 0.351. The van der Waals surface area contributed by atoms with Crippen LogP contribution in [0.25, 0.3) is 0 Å². The van der Waals surface area contributed by atoms with Crippen molar-refractivity contribution in [2.24, 2.45) is 0 Å². The standard InChI is InChI=1S/C20H30O4.H2O/c1-2-3-4-5-6-7-8-9-13-16-18(21)24-20(23)19(22)17-14-11-10-12-15-17;/h10-12,14-15,19,22H,2-9,13,16H2,1H3;1H2. The Morgan fingerprint density at radius 3 is 2.00 bits per heavy atom. The Hall–Kier alpha value is -1.72. The molecule has 5 nitrogen and oxygen atoms in total. The highest BCUT2D eigenvalue weighted by atomic mass is 16.6. The van der Waals surface area contributed by atoms with Crippen molar-refractivity contribution in [1.29, 1.82) is 0 Å². The highest BCUT2D eigenvalue weighted by molar-refractivity contribution is 5.88. The highest BCUT2D eigenvalue weighted by Crippen LogP contribution is 2.15. The summed E-state index contributed by atoms with van der Waals surface area (Å²) >= 11 is 0. The molecule has 0 spiro atoms. The van der Waals surface area contributed by atoms with E-state index in [0.717, 1.165) is 19.3 Å². The van der Waals surface area contributed by atoms with Gasteiger partial charge in [0.05, 0.1) is 0 Å². The van der Waals surface area contributed by atoms with Crippen LogP contribution in [0.4, 0.5) is 0 Å². The number of esters is 2. The van der Waals surface area contributed by atoms with Crippen molar-refractivity contribution in [3.05, 3.63) is 35.9 Å². The van der Waals surface area contributed by atoms with Crippen molar-refractivity contribution in [1.82, 2.24) is 0 Å². The average Bonchev–Trinajstić information content (AvgIpc) is 2.60. The molecule has 142 valence electrons. The summed E-state index contributed by atoms with van der Waals surface area (Å²) in [7, 11) is 0. The predicted octanol–water partition coefficient (Wildman–Crippen LogP) is 3.89. The van der Waals surface area contributed by atoms with Crippen LogP contribution in [-0.4, -0.2) is 22.5 Å². The number of hydrogen-bond donors (Lipinski definition) is 1. The van der Waals surface area contributed by atoms with E-state index in [-0.39, 0.29) is 11.9 Å². The molecule has 1 aromatic rings. The zero-order valence-corrected chi connectivity index (χ0v) is 15.2. The van der Waals surface area contributed by atoms with Crippen LogP contribution < -0.4 is 0 Å². The number of hydrogen-bond acceptors (Lipinski definition) is 4. The van der Waals surface area contributed by atoms with Crippen LogP contribution >= 0.6 is 0 Å². The van der Waals surface area contributed by atoms with E-state index in [9.17, 15) is 14.7 Å². The SMILES string of the molecule is CCCCCCCCCCCC(=O)OC(=O)C(O)c1ccccc1.O. The van der Waals surface area contributed by atoms with E-state index in [0.29, 0.717) is 5.56 Å². The second-order valence-corrected chi connectivity index (χ2v) is 6.18. The van der Waals surface area contributed by atoms with Gasteiger partial charge in [0.2, 0.25) is 0 Å². The van der Waals surface area contributed by atoms with Crippen LogP contribution in [0.5, 0.6) is 0 Å². The summed E-state index contributed by atoms with van der Waals surface area (Å²) in [6, 6.07) is 8.47. The van der Waals surface area contributed by atoms with Gasteiger partial charge in [-0.05, 0) is 12.0 Å². The van der Waals surface area contributed by atoms with Crippen molar-refractivity contribution < 1.29 is 24.9 Å². The molecule has 0 bridgehead atoms. The van der Waals surface area contributed by atoms with Gasteiger partial charge in [0.15, 0.2) is 6.10 Å². The van der Waals surface area contributed by atoms with Crippen molar-refractivity contribution in [3.63, 3.8) is 0 Å². The Morgan fingerprint density at radius 1 is 0.920 bits per heavy atom. The van der Waals surface area contributed by atoms with Crippen molar-refractivity contribution >= 4 is 11.9 Å². The lowest BCUT2D eigenvalue weighted by atomic mass is 10.1. The summed E-state index contributed by atoms with van der Waals surface area (Å²) in [6.45, 7) is 2.21. The van der Waals surface area contributed by atoms with Gasteiger partial charge in [-0.1, -0.05) is 88.6 Å². The number of carbonyl (C=O) groups is 2. The normalized spacial score (nSPS) is 11.4. The van der Waals surface area contributed by atoms with Crippen molar-refractivity contribution in [2.45, 2.75) is 77.2 Å². The molecule has 0 aliphatic heterocycles. The van der Waals surface area contributed by atoms with E-state index >= 15 is 0 Å². The monoisotopic (exact) mass is 352 g/mol. The van der Waals surface area contributed by atoms with E-state index in [1.807, 2.05) is 0 Å². The fourth-order valence-corrected chi connectivity index (χ4v) is 2.57. The first kappa shape index (κ1) is 23.3. The summed E-state index contributed by atoms with van der Waals surface area (Å²) in [5, 5.41) is 9.84. The number of ether oxygens (including phenoxy) is 1. The molecule has 1 unspecified atom stereocenters.